The molecule has 0 atom stereocenters. The molecule has 0 fully saturated rings. The normalized spacial score (nSPS) is 10.1. The molecule has 1 heterocycles. The second-order valence-electron chi connectivity index (χ2n) is 2.92. The standard InChI is InChI=1S/C11H14S2/c1-6-9-10(7(2)3)13-8(4)11(9)12-5/h6H,1-2H2,3-5H3. The molecular formula is C11H14S2. The second-order valence-corrected chi connectivity index (χ2v) is 4.96. The van der Waals surface area contributed by atoms with Gasteiger partial charge in [0.2, 0.25) is 0 Å². The van der Waals surface area contributed by atoms with Gasteiger partial charge in [-0.3, -0.25) is 0 Å². The molecule has 1 rings (SSSR count). The Labute approximate surface area is 88.4 Å². The zero-order chi connectivity index (χ0) is 10.0. The third-order valence-corrected chi connectivity index (χ3v) is 4.21. The first-order valence-corrected chi connectivity index (χ1v) is 6.11. The van der Waals surface area contributed by atoms with E-state index in [1.807, 2.05) is 13.0 Å². The lowest BCUT2D eigenvalue weighted by molar-refractivity contribution is 1.40. The molecule has 0 radical (unpaired) electrons. The zero-order valence-corrected chi connectivity index (χ0v) is 9.94. The highest BCUT2D eigenvalue weighted by Crippen LogP contribution is 2.38. The topological polar surface area (TPSA) is 0 Å². The van der Waals surface area contributed by atoms with E-state index in [1.165, 1.54) is 20.2 Å². The summed E-state index contributed by atoms with van der Waals surface area (Å²) in [5.74, 6) is 0. The molecule has 0 aliphatic rings. The van der Waals surface area contributed by atoms with Gasteiger partial charge >= 0.3 is 0 Å². The lowest BCUT2D eigenvalue weighted by atomic mass is 10.1. The first kappa shape index (κ1) is 10.6. The summed E-state index contributed by atoms with van der Waals surface area (Å²) in [5.41, 5.74) is 2.38. The molecule has 1 aromatic rings. The summed E-state index contributed by atoms with van der Waals surface area (Å²) in [6.45, 7) is 12.0. The van der Waals surface area contributed by atoms with Crippen molar-refractivity contribution in [3.63, 3.8) is 0 Å². The van der Waals surface area contributed by atoms with Crippen molar-refractivity contribution in [3.8, 4) is 0 Å². The summed E-state index contributed by atoms with van der Waals surface area (Å²) in [6.07, 6.45) is 4.03. The molecule has 0 spiro atoms. The molecule has 1 aromatic heterocycles. The molecule has 0 amide bonds. The Balaban J connectivity index is 3.38. The predicted molar refractivity (Wildman–Crippen MR) is 65.6 cm³/mol. The Morgan fingerprint density at radius 1 is 1.54 bits per heavy atom. The smallest absolute Gasteiger partial charge is 0.0380 e. The lowest BCUT2D eigenvalue weighted by Gasteiger charge is -1.99. The minimum absolute atomic E-state index is 1.13. The van der Waals surface area contributed by atoms with E-state index in [4.69, 9.17) is 0 Å². The second kappa shape index (κ2) is 4.16. The molecule has 0 N–H and O–H groups in total. The van der Waals surface area contributed by atoms with E-state index in [1.54, 1.807) is 23.1 Å². The van der Waals surface area contributed by atoms with Gasteiger partial charge in [0.1, 0.15) is 0 Å². The Kier molecular flexibility index (Phi) is 3.40. The van der Waals surface area contributed by atoms with Gasteiger partial charge < -0.3 is 0 Å². The Hall–Kier alpha value is -0.470. The van der Waals surface area contributed by atoms with E-state index < -0.39 is 0 Å². The van der Waals surface area contributed by atoms with Gasteiger partial charge in [-0.25, -0.2) is 0 Å². The van der Waals surface area contributed by atoms with Crippen molar-refractivity contribution in [2.24, 2.45) is 0 Å². The van der Waals surface area contributed by atoms with Crippen LogP contribution in [0.2, 0.25) is 0 Å². The minimum atomic E-state index is 1.13. The molecule has 0 bridgehead atoms. The van der Waals surface area contributed by atoms with Crippen molar-refractivity contribution in [3.05, 3.63) is 28.5 Å². The maximum absolute atomic E-state index is 3.98. The van der Waals surface area contributed by atoms with E-state index >= 15 is 0 Å². The number of aryl methyl sites for hydroxylation is 1. The summed E-state index contributed by atoms with van der Waals surface area (Å²) in [4.78, 5) is 3.98. The molecule has 0 unspecified atom stereocenters. The van der Waals surface area contributed by atoms with Gasteiger partial charge in [-0.1, -0.05) is 19.2 Å². The van der Waals surface area contributed by atoms with Gasteiger partial charge in [0.15, 0.2) is 0 Å². The van der Waals surface area contributed by atoms with Crippen LogP contribution in [0.25, 0.3) is 11.6 Å². The molecule has 0 aliphatic heterocycles. The number of hydrogen-bond acceptors (Lipinski definition) is 2. The van der Waals surface area contributed by atoms with Crippen molar-refractivity contribution in [2.75, 3.05) is 6.26 Å². The Bertz CT molecular complexity index is 345. The van der Waals surface area contributed by atoms with E-state index in [9.17, 15) is 0 Å². The van der Waals surface area contributed by atoms with E-state index in [0.29, 0.717) is 0 Å². The van der Waals surface area contributed by atoms with Gasteiger partial charge in [-0.05, 0) is 25.7 Å². The SMILES string of the molecule is C=Cc1c(C(=C)C)sc(C)c1SC. The largest absolute Gasteiger partial charge is 0.139 e. The van der Waals surface area contributed by atoms with Crippen LogP contribution in [0.4, 0.5) is 0 Å². The molecule has 0 aromatic carbocycles. The van der Waals surface area contributed by atoms with Crippen LogP contribution in [0.15, 0.2) is 18.1 Å². The number of rotatable bonds is 3. The van der Waals surface area contributed by atoms with Crippen LogP contribution in [0.5, 0.6) is 0 Å². The molecular weight excluding hydrogens is 196 g/mol. The highest BCUT2D eigenvalue weighted by molar-refractivity contribution is 7.98. The number of thiophene rings is 1. The van der Waals surface area contributed by atoms with Crippen molar-refractivity contribution >= 4 is 34.7 Å². The molecule has 70 valence electrons. The van der Waals surface area contributed by atoms with Gasteiger partial charge in [-0.2, -0.15) is 0 Å². The number of hydrogen-bond donors (Lipinski definition) is 0. The highest BCUT2D eigenvalue weighted by Gasteiger charge is 2.12. The molecule has 2 heteroatoms. The first-order valence-electron chi connectivity index (χ1n) is 4.07. The Morgan fingerprint density at radius 2 is 2.15 bits per heavy atom. The molecule has 0 saturated heterocycles. The Morgan fingerprint density at radius 3 is 2.54 bits per heavy atom. The highest BCUT2D eigenvalue weighted by atomic mass is 32.2. The van der Waals surface area contributed by atoms with Crippen molar-refractivity contribution in [2.45, 2.75) is 18.7 Å². The van der Waals surface area contributed by atoms with Crippen LogP contribution in [-0.2, 0) is 0 Å². The van der Waals surface area contributed by atoms with Gasteiger partial charge in [0.25, 0.3) is 0 Å². The maximum Gasteiger partial charge on any atom is 0.0380 e. The average Bonchev–Trinajstić information content (AvgIpc) is 2.41. The lowest BCUT2D eigenvalue weighted by Crippen LogP contribution is -1.77. The summed E-state index contributed by atoms with van der Waals surface area (Å²) in [5, 5.41) is 0. The van der Waals surface area contributed by atoms with Gasteiger partial charge in [0, 0.05) is 20.2 Å². The first-order chi connectivity index (χ1) is 6.11. The third kappa shape index (κ3) is 1.89. The zero-order valence-electron chi connectivity index (χ0n) is 8.31. The van der Waals surface area contributed by atoms with Gasteiger partial charge in [-0.15, -0.1) is 23.1 Å². The van der Waals surface area contributed by atoms with Crippen molar-refractivity contribution < 1.29 is 0 Å². The van der Waals surface area contributed by atoms with Gasteiger partial charge in [0.05, 0.1) is 0 Å². The maximum atomic E-state index is 3.98. The van der Waals surface area contributed by atoms with Crippen LogP contribution >= 0.6 is 23.1 Å². The number of allylic oxidation sites excluding steroid dienone is 1. The molecule has 13 heavy (non-hydrogen) atoms. The fraction of sp³-hybridized carbons (Fsp3) is 0.273. The minimum Gasteiger partial charge on any atom is -0.139 e. The fourth-order valence-corrected chi connectivity index (χ4v) is 3.41. The fourth-order valence-electron chi connectivity index (χ4n) is 1.30. The summed E-state index contributed by atoms with van der Waals surface area (Å²) < 4.78 is 0. The summed E-state index contributed by atoms with van der Waals surface area (Å²) >= 11 is 3.59. The average molecular weight is 210 g/mol. The van der Waals surface area contributed by atoms with Crippen LogP contribution in [0.1, 0.15) is 22.2 Å². The summed E-state index contributed by atoms with van der Waals surface area (Å²) in [6, 6.07) is 0. The van der Waals surface area contributed by atoms with Crippen molar-refractivity contribution in [1.82, 2.24) is 0 Å². The van der Waals surface area contributed by atoms with Crippen LogP contribution in [0, 0.1) is 6.92 Å². The van der Waals surface area contributed by atoms with E-state index in [2.05, 4.69) is 26.3 Å². The number of thioether (sulfide) groups is 1. The molecule has 0 saturated carbocycles. The van der Waals surface area contributed by atoms with E-state index in [0.717, 1.165) is 5.57 Å². The van der Waals surface area contributed by atoms with Crippen LogP contribution in [0.3, 0.4) is 0 Å². The van der Waals surface area contributed by atoms with Crippen molar-refractivity contribution in [1.29, 1.82) is 0 Å². The molecule has 0 aliphatic carbocycles. The summed E-state index contributed by atoms with van der Waals surface area (Å²) in [7, 11) is 0. The third-order valence-electron chi connectivity index (χ3n) is 1.86. The monoisotopic (exact) mass is 210 g/mol. The van der Waals surface area contributed by atoms with E-state index in [-0.39, 0.29) is 0 Å². The van der Waals surface area contributed by atoms with Crippen LogP contribution in [-0.4, -0.2) is 6.26 Å². The quantitative estimate of drug-likeness (QED) is 0.664. The molecule has 0 nitrogen and oxygen atoms in total. The van der Waals surface area contributed by atoms with Crippen LogP contribution < -0.4 is 0 Å². The predicted octanol–water partition coefficient (Wildman–Crippen LogP) is 4.45.